The quantitative estimate of drug-likeness (QED) is 0.515. The molecule has 0 aliphatic rings. The van der Waals surface area contributed by atoms with Crippen LogP contribution in [-0.2, 0) is 4.79 Å². The number of terminal acetylenes is 1. The second-order valence-corrected chi connectivity index (χ2v) is 5.52. The molecule has 0 saturated carbocycles. The molecule has 6 nitrogen and oxygen atoms in total. The Bertz CT molecular complexity index is 985. The van der Waals surface area contributed by atoms with E-state index in [0.29, 0.717) is 22.8 Å². The zero-order valence-electron chi connectivity index (χ0n) is 13.7. The van der Waals surface area contributed by atoms with Crippen molar-refractivity contribution in [2.75, 3.05) is 23.1 Å². The molecule has 0 aliphatic carbocycles. The van der Waals surface area contributed by atoms with Crippen molar-refractivity contribution in [2.45, 2.75) is 0 Å². The van der Waals surface area contributed by atoms with Gasteiger partial charge in [-0.1, -0.05) is 18.1 Å². The Labute approximate surface area is 155 Å². The zero-order valence-corrected chi connectivity index (χ0v) is 14.5. The highest BCUT2D eigenvalue weighted by Gasteiger charge is 2.10. The molecule has 0 radical (unpaired) electrons. The molecule has 3 aromatic rings. The molecule has 1 amide bonds. The topological polar surface area (TPSA) is 76.1 Å². The van der Waals surface area contributed by atoms with Gasteiger partial charge in [-0.15, -0.1) is 18.0 Å². The van der Waals surface area contributed by atoms with E-state index < -0.39 is 0 Å². The van der Waals surface area contributed by atoms with Crippen LogP contribution in [-0.4, -0.2) is 28.4 Å². The number of amides is 1. The average molecular weight is 367 g/mol. The molecule has 0 spiro atoms. The summed E-state index contributed by atoms with van der Waals surface area (Å²) in [5, 5.41) is 6.73. The van der Waals surface area contributed by atoms with Crippen molar-refractivity contribution in [1.29, 1.82) is 0 Å². The number of carbonyl (C=O) groups excluding carboxylic acids is 1. The van der Waals surface area contributed by atoms with E-state index in [-0.39, 0.29) is 18.4 Å². The number of nitrogens with zero attached hydrogens (tertiary/aromatic N) is 2. The normalized spacial score (nSPS) is 10.2. The Morgan fingerprint density at radius 1 is 1.23 bits per heavy atom. The van der Waals surface area contributed by atoms with E-state index in [1.54, 1.807) is 6.07 Å². The number of para-hydroxylation sites is 1. The molecule has 26 heavy (non-hydrogen) atoms. The Balaban J connectivity index is 1.93. The van der Waals surface area contributed by atoms with Crippen LogP contribution in [0.5, 0.6) is 5.75 Å². The van der Waals surface area contributed by atoms with E-state index in [1.807, 2.05) is 36.4 Å². The highest BCUT2D eigenvalue weighted by molar-refractivity contribution is 6.29. The van der Waals surface area contributed by atoms with Gasteiger partial charge in [0.25, 0.3) is 0 Å². The van der Waals surface area contributed by atoms with E-state index in [2.05, 4.69) is 26.5 Å². The third kappa shape index (κ3) is 4.02. The lowest BCUT2D eigenvalue weighted by Gasteiger charge is -2.12. The van der Waals surface area contributed by atoms with Gasteiger partial charge in [0.1, 0.15) is 30.4 Å². The third-order valence-electron chi connectivity index (χ3n) is 3.48. The molecular formula is C19H15ClN4O2. The van der Waals surface area contributed by atoms with Crippen LogP contribution in [0.3, 0.4) is 0 Å². The molecule has 2 aromatic carbocycles. The first-order chi connectivity index (χ1) is 12.7. The molecule has 7 heteroatoms. The van der Waals surface area contributed by atoms with Gasteiger partial charge in [-0.05, 0) is 24.3 Å². The van der Waals surface area contributed by atoms with Crippen LogP contribution < -0.4 is 15.4 Å². The second kappa shape index (κ2) is 8.19. The lowest BCUT2D eigenvalue weighted by atomic mass is 10.2. The monoisotopic (exact) mass is 366 g/mol. The summed E-state index contributed by atoms with van der Waals surface area (Å²) in [6.07, 6.45) is 6.64. The van der Waals surface area contributed by atoms with Gasteiger partial charge in [-0.3, -0.25) is 4.79 Å². The molecule has 130 valence electrons. The Hall–Kier alpha value is -3.30. The van der Waals surface area contributed by atoms with Crippen LogP contribution in [0.1, 0.15) is 0 Å². The number of hydrogen-bond donors (Lipinski definition) is 2. The van der Waals surface area contributed by atoms with Gasteiger partial charge in [0, 0.05) is 17.1 Å². The Kier molecular flexibility index (Phi) is 5.52. The molecule has 0 atom stereocenters. The fourth-order valence-corrected chi connectivity index (χ4v) is 2.46. The average Bonchev–Trinajstić information content (AvgIpc) is 2.67. The van der Waals surface area contributed by atoms with Crippen LogP contribution in [0.2, 0.25) is 0 Å². The minimum Gasteiger partial charge on any atom is -0.481 e. The summed E-state index contributed by atoms with van der Waals surface area (Å²) in [7, 11) is 0. The van der Waals surface area contributed by atoms with Crippen molar-refractivity contribution in [3.8, 4) is 18.1 Å². The third-order valence-corrected chi connectivity index (χ3v) is 3.72. The van der Waals surface area contributed by atoms with Crippen LogP contribution >= 0.6 is 11.6 Å². The van der Waals surface area contributed by atoms with Crippen molar-refractivity contribution in [2.24, 2.45) is 0 Å². The number of carbonyl (C=O) groups is 1. The maximum absolute atomic E-state index is 11.6. The first-order valence-corrected chi connectivity index (χ1v) is 8.27. The molecule has 1 heterocycles. The highest BCUT2D eigenvalue weighted by Crippen LogP contribution is 2.28. The van der Waals surface area contributed by atoms with E-state index in [4.69, 9.17) is 22.8 Å². The van der Waals surface area contributed by atoms with Gasteiger partial charge in [0.15, 0.2) is 0 Å². The summed E-state index contributed by atoms with van der Waals surface area (Å²) in [5.41, 5.74) is 1.97. The summed E-state index contributed by atoms with van der Waals surface area (Å²) in [6, 6.07) is 12.8. The number of rotatable bonds is 6. The molecule has 0 unspecified atom stereocenters. The molecule has 0 fully saturated rings. The van der Waals surface area contributed by atoms with E-state index in [9.17, 15) is 4.79 Å². The molecule has 2 N–H and O–H groups in total. The number of hydrogen-bond acceptors (Lipinski definition) is 5. The smallest absolute Gasteiger partial charge is 0.239 e. The largest absolute Gasteiger partial charge is 0.481 e. The van der Waals surface area contributed by atoms with Gasteiger partial charge in [-0.2, -0.15) is 0 Å². The van der Waals surface area contributed by atoms with Crippen LogP contribution in [0.4, 0.5) is 17.2 Å². The van der Waals surface area contributed by atoms with Gasteiger partial charge in [0.05, 0.1) is 11.2 Å². The fraction of sp³-hybridized carbons (Fsp3) is 0.105. The first kappa shape index (κ1) is 17.5. The van der Waals surface area contributed by atoms with E-state index in [1.165, 1.54) is 6.33 Å². The van der Waals surface area contributed by atoms with Crippen molar-refractivity contribution >= 4 is 45.6 Å². The number of halogens is 1. The van der Waals surface area contributed by atoms with Crippen LogP contribution in [0.15, 0.2) is 48.8 Å². The fourth-order valence-electron chi connectivity index (χ4n) is 2.40. The number of alkyl halides is 1. The molecule has 0 bridgehead atoms. The summed E-state index contributed by atoms with van der Waals surface area (Å²) >= 11 is 5.56. The Morgan fingerprint density at radius 3 is 2.88 bits per heavy atom. The number of nitrogens with one attached hydrogen (secondary N) is 2. The molecule has 0 saturated heterocycles. The summed E-state index contributed by atoms with van der Waals surface area (Å²) in [5.74, 6) is 3.26. The van der Waals surface area contributed by atoms with Gasteiger partial charge < -0.3 is 15.4 Å². The number of benzene rings is 2. The minimum atomic E-state index is -0.300. The Morgan fingerprint density at radius 2 is 2.08 bits per heavy atom. The molecule has 1 aromatic heterocycles. The predicted molar refractivity (Wildman–Crippen MR) is 103 cm³/mol. The van der Waals surface area contributed by atoms with E-state index >= 15 is 0 Å². The van der Waals surface area contributed by atoms with Gasteiger partial charge >= 0.3 is 0 Å². The molecule has 3 rings (SSSR count). The summed E-state index contributed by atoms with van der Waals surface area (Å²) in [4.78, 5) is 20.2. The molecule has 0 aliphatic heterocycles. The SMILES string of the molecule is C#CCOc1cccc(Nc2ncnc3c(NC(=O)CCl)cccc23)c1. The summed E-state index contributed by atoms with van der Waals surface area (Å²) < 4.78 is 5.43. The van der Waals surface area contributed by atoms with Gasteiger partial charge in [0.2, 0.25) is 5.91 Å². The van der Waals surface area contributed by atoms with Crippen LogP contribution in [0.25, 0.3) is 10.9 Å². The summed E-state index contributed by atoms with van der Waals surface area (Å²) in [6.45, 7) is 0.198. The maximum atomic E-state index is 11.6. The lowest BCUT2D eigenvalue weighted by molar-refractivity contribution is -0.113. The first-order valence-electron chi connectivity index (χ1n) is 7.74. The van der Waals surface area contributed by atoms with Crippen molar-refractivity contribution < 1.29 is 9.53 Å². The number of ether oxygens (including phenoxy) is 1. The predicted octanol–water partition coefficient (Wildman–Crippen LogP) is 3.56. The zero-order chi connectivity index (χ0) is 18.4. The second-order valence-electron chi connectivity index (χ2n) is 5.25. The van der Waals surface area contributed by atoms with Crippen LogP contribution in [0, 0.1) is 12.3 Å². The highest BCUT2D eigenvalue weighted by atomic mass is 35.5. The minimum absolute atomic E-state index is 0.128. The standard InChI is InChI=1S/C19H15ClN4O2/c1-2-9-26-14-6-3-5-13(10-14)23-19-15-7-4-8-16(24-17(25)11-20)18(15)21-12-22-19/h1,3-8,10,12H,9,11H2,(H,24,25)(H,21,22,23). The number of fused-ring (bicyclic) bond motifs is 1. The number of anilines is 3. The lowest BCUT2D eigenvalue weighted by Crippen LogP contribution is -2.13. The van der Waals surface area contributed by atoms with Crippen molar-refractivity contribution in [1.82, 2.24) is 9.97 Å². The number of aromatic nitrogens is 2. The van der Waals surface area contributed by atoms with E-state index in [0.717, 1.165) is 11.1 Å². The van der Waals surface area contributed by atoms with Crippen molar-refractivity contribution in [3.63, 3.8) is 0 Å². The van der Waals surface area contributed by atoms with Gasteiger partial charge in [-0.25, -0.2) is 9.97 Å². The molecular weight excluding hydrogens is 352 g/mol. The maximum Gasteiger partial charge on any atom is 0.239 e. The van der Waals surface area contributed by atoms with Crippen molar-refractivity contribution in [3.05, 3.63) is 48.8 Å².